The van der Waals surface area contributed by atoms with E-state index in [1.165, 1.54) is 0 Å². The molecule has 0 N–H and O–H groups in total. The summed E-state index contributed by atoms with van der Waals surface area (Å²) in [5.74, 6) is 0.716. The van der Waals surface area contributed by atoms with Crippen molar-refractivity contribution in [3.05, 3.63) is 52.2 Å². The van der Waals surface area contributed by atoms with Crippen molar-refractivity contribution in [2.75, 3.05) is 7.11 Å². The van der Waals surface area contributed by atoms with Crippen LogP contribution in [0.5, 0.6) is 5.75 Å². The van der Waals surface area contributed by atoms with Crippen molar-refractivity contribution < 1.29 is 4.74 Å². The number of methoxy groups -OCH3 is 1. The van der Waals surface area contributed by atoms with Crippen LogP contribution in [0.2, 0.25) is 0 Å². The second-order valence-corrected chi connectivity index (χ2v) is 5.90. The highest BCUT2D eigenvalue weighted by atomic mass is 79.9. The van der Waals surface area contributed by atoms with Crippen molar-refractivity contribution >= 4 is 47.4 Å². The smallest absolute Gasteiger partial charge is 0.196 e. The van der Waals surface area contributed by atoms with Gasteiger partial charge in [-0.05, 0) is 35.9 Å². The summed E-state index contributed by atoms with van der Waals surface area (Å²) in [4.78, 5) is 12.6. The van der Waals surface area contributed by atoms with E-state index in [2.05, 4.69) is 15.9 Å². The Labute approximate surface area is 122 Å². The molecule has 19 heavy (non-hydrogen) atoms. The van der Waals surface area contributed by atoms with Crippen LogP contribution >= 0.6 is 27.3 Å². The number of hydrogen-bond donors (Lipinski definition) is 0. The molecule has 0 saturated carbocycles. The first-order valence-corrected chi connectivity index (χ1v) is 7.76. The van der Waals surface area contributed by atoms with Crippen molar-refractivity contribution in [1.29, 1.82) is 0 Å². The number of benzene rings is 2. The molecule has 4 heteroatoms. The molecule has 2 aromatic carbocycles. The zero-order valence-corrected chi connectivity index (χ0v) is 12.7. The van der Waals surface area contributed by atoms with E-state index < -0.39 is 0 Å². The summed E-state index contributed by atoms with van der Waals surface area (Å²) >= 11 is 5.05. The summed E-state index contributed by atoms with van der Waals surface area (Å²) in [6.07, 6.45) is 0. The van der Waals surface area contributed by atoms with Crippen molar-refractivity contribution in [3.63, 3.8) is 0 Å². The minimum atomic E-state index is 0.0745. The molecule has 0 fully saturated rings. The van der Waals surface area contributed by atoms with Crippen LogP contribution in [0, 0.1) is 0 Å². The van der Waals surface area contributed by atoms with E-state index in [-0.39, 0.29) is 5.43 Å². The molecular weight excluding hydrogens is 324 g/mol. The van der Waals surface area contributed by atoms with Crippen molar-refractivity contribution in [2.24, 2.45) is 0 Å². The van der Waals surface area contributed by atoms with Crippen molar-refractivity contribution in [3.8, 4) is 5.75 Å². The molecule has 0 amide bonds. The van der Waals surface area contributed by atoms with Gasteiger partial charge in [-0.15, -0.1) is 11.3 Å². The molecular formula is C15H11BrO2S. The molecule has 3 rings (SSSR count). The molecule has 0 aliphatic carbocycles. The molecule has 0 atom stereocenters. The zero-order chi connectivity index (χ0) is 13.4. The number of fused-ring (bicyclic) bond motifs is 2. The maximum atomic E-state index is 12.6. The first-order valence-electron chi connectivity index (χ1n) is 5.82. The van der Waals surface area contributed by atoms with Crippen molar-refractivity contribution in [2.45, 2.75) is 5.33 Å². The molecule has 3 aromatic rings. The predicted octanol–water partition coefficient (Wildman–Crippen LogP) is 4.32. The van der Waals surface area contributed by atoms with Crippen LogP contribution in [0.4, 0.5) is 0 Å². The Morgan fingerprint density at radius 2 is 1.79 bits per heavy atom. The van der Waals surface area contributed by atoms with Gasteiger partial charge >= 0.3 is 0 Å². The molecule has 0 bridgehead atoms. The zero-order valence-electron chi connectivity index (χ0n) is 10.3. The largest absolute Gasteiger partial charge is 0.497 e. The van der Waals surface area contributed by atoms with E-state index in [0.29, 0.717) is 5.75 Å². The van der Waals surface area contributed by atoms with E-state index in [1.807, 2.05) is 36.4 Å². The van der Waals surface area contributed by atoms with Crippen LogP contribution in [0.25, 0.3) is 20.2 Å². The SMILES string of the molecule is COc1ccc2sc3ccc(CBr)cc3c(=O)c2c1. The summed E-state index contributed by atoms with van der Waals surface area (Å²) < 4.78 is 7.20. The number of rotatable bonds is 2. The van der Waals surface area contributed by atoms with Gasteiger partial charge in [-0.3, -0.25) is 4.79 Å². The fraction of sp³-hybridized carbons (Fsp3) is 0.133. The summed E-state index contributed by atoms with van der Waals surface area (Å²) in [6, 6.07) is 11.7. The minimum Gasteiger partial charge on any atom is -0.497 e. The molecule has 0 spiro atoms. The Morgan fingerprint density at radius 3 is 2.47 bits per heavy atom. The fourth-order valence-corrected chi connectivity index (χ4v) is 3.47. The lowest BCUT2D eigenvalue weighted by atomic mass is 10.1. The standard InChI is InChI=1S/C15H11BrO2S/c1-18-10-3-5-14-12(7-10)15(17)11-6-9(8-16)2-4-13(11)19-14/h2-7H,8H2,1H3. The topological polar surface area (TPSA) is 26.3 Å². The molecule has 2 nitrogen and oxygen atoms in total. The van der Waals surface area contributed by atoms with E-state index >= 15 is 0 Å². The van der Waals surface area contributed by atoms with E-state index in [0.717, 1.165) is 31.1 Å². The molecule has 1 aromatic heterocycles. The van der Waals surface area contributed by atoms with Gasteiger partial charge in [0.05, 0.1) is 7.11 Å². The molecule has 0 aliphatic heterocycles. The van der Waals surface area contributed by atoms with Gasteiger partial charge in [-0.2, -0.15) is 0 Å². The molecule has 1 heterocycles. The van der Waals surface area contributed by atoms with Crippen LogP contribution in [0.15, 0.2) is 41.2 Å². The Balaban J connectivity index is 2.43. The second kappa shape index (κ2) is 4.94. The Kier molecular flexibility index (Phi) is 3.29. The lowest BCUT2D eigenvalue weighted by molar-refractivity contribution is 0.415. The van der Waals surface area contributed by atoms with Crippen LogP contribution in [0.1, 0.15) is 5.56 Å². The third-order valence-corrected chi connectivity index (χ3v) is 4.89. The third-order valence-electron chi connectivity index (χ3n) is 3.09. The average Bonchev–Trinajstić information content (AvgIpc) is 2.47. The number of halogens is 1. The van der Waals surface area contributed by atoms with E-state index in [9.17, 15) is 4.79 Å². The summed E-state index contributed by atoms with van der Waals surface area (Å²) in [5.41, 5.74) is 1.18. The summed E-state index contributed by atoms with van der Waals surface area (Å²) in [6.45, 7) is 0. The first kappa shape index (κ1) is 12.6. The fourth-order valence-electron chi connectivity index (χ4n) is 2.09. The van der Waals surface area contributed by atoms with Crippen molar-refractivity contribution in [1.82, 2.24) is 0 Å². The molecule has 0 saturated heterocycles. The lowest BCUT2D eigenvalue weighted by Gasteiger charge is -2.04. The van der Waals surface area contributed by atoms with Gasteiger partial charge in [-0.1, -0.05) is 22.0 Å². The van der Waals surface area contributed by atoms with Gasteiger partial charge in [0.15, 0.2) is 5.43 Å². The van der Waals surface area contributed by atoms with Gasteiger partial charge in [-0.25, -0.2) is 0 Å². The highest BCUT2D eigenvalue weighted by molar-refractivity contribution is 9.08. The monoisotopic (exact) mass is 334 g/mol. The predicted molar refractivity (Wildman–Crippen MR) is 84.8 cm³/mol. The van der Waals surface area contributed by atoms with Gasteiger partial charge in [0.25, 0.3) is 0 Å². The van der Waals surface area contributed by atoms with Gasteiger partial charge in [0.1, 0.15) is 5.75 Å². The maximum absolute atomic E-state index is 12.6. The molecule has 96 valence electrons. The lowest BCUT2D eigenvalue weighted by Crippen LogP contribution is -2.01. The van der Waals surface area contributed by atoms with E-state index in [4.69, 9.17) is 4.74 Å². The Bertz CT molecular complexity index is 758. The molecule has 0 aliphatic rings. The number of hydrogen-bond acceptors (Lipinski definition) is 3. The second-order valence-electron chi connectivity index (χ2n) is 4.26. The summed E-state index contributed by atoms with van der Waals surface area (Å²) in [5, 5.41) is 2.26. The Hall–Kier alpha value is -1.39. The third kappa shape index (κ3) is 2.15. The van der Waals surface area contributed by atoms with E-state index in [1.54, 1.807) is 18.4 Å². The maximum Gasteiger partial charge on any atom is 0.196 e. The normalized spacial score (nSPS) is 11.1. The van der Waals surface area contributed by atoms with Crippen LogP contribution < -0.4 is 10.2 Å². The summed E-state index contributed by atoms with van der Waals surface area (Å²) in [7, 11) is 1.61. The molecule has 0 radical (unpaired) electrons. The highest BCUT2D eigenvalue weighted by Crippen LogP contribution is 2.28. The van der Waals surface area contributed by atoms with Crippen LogP contribution in [0.3, 0.4) is 0 Å². The minimum absolute atomic E-state index is 0.0745. The highest BCUT2D eigenvalue weighted by Gasteiger charge is 2.07. The first-order chi connectivity index (χ1) is 9.22. The van der Waals surface area contributed by atoms with Crippen LogP contribution in [-0.2, 0) is 5.33 Å². The average molecular weight is 335 g/mol. The van der Waals surface area contributed by atoms with Crippen LogP contribution in [-0.4, -0.2) is 7.11 Å². The van der Waals surface area contributed by atoms with Gasteiger partial charge < -0.3 is 4.74 Å². The Morgan fingerprint density at radius 1 is 1.11 bits per heavy atom. The van der Waals surface area contributed by atoms with Gasteiger partial charge in [0, 0.05) is 25.5 Å². The number of ether oxygens (including phenoxy) is 1. The molecule has 0 unspecified atom stereocenters. The quantitative estimate of drug-likeness (QED) is 0.515. The van der Waals surface area contributed by atoms with Gasteiger partial charge in [0.2, 0.25) is 0 Å². The number of alkyl halides is 1.